The van der Waals surface area contributed by atoms with Gasteiger partial charge in [-0.25, -0.2) is 0 Å². The molecule has 27 heavy (non-hydrogen) atoms. The predicted octanol–water partition coefficient (Wildman–Crippen LogP) is 5.42. The van der Waals surface area contributed by atoms with Gasteiger partial charge in [0.05, 0.1) is 14.8 Å². The van der Waals surface area contributed by atoms with E-state index >= 15 is 0 Å². The van der Waals surface area contributed by atoms with Crippen molar-refractivity contribution in [1.82, 2.24) is 0 Å². The summed E-state index contributed by atoms with van der Waals surface area (Å²) in [5.74, 6) is 0.678. The van der Waals surface area contributed by atoms with Gasteiger partial charge in [-0.3, -0.25) is 10.1 Å². The number of nitro benzene ring substituents is 1. The van der Waals surface area contributed by atoms with Crippen LogP contribution in [-0.2, 0) is 5.41 Å². The fourth-order valence-corrected chi connectivity index (χ4v) is 5.85. The van der Waals surface area contributed by atoms with E-state index in [1.807, 2.05) is 0 Å². The monoisotopic (exact) mass is 426 g/mol. The highest BCUT2D eigenvalue weighted by atomic mass is 79.9. The van der Waals surface area contributed by atoms with Crippen LogP contribution in [0.25, 0.3) is 6.08 Å². The maximum Gasteiger partial charge on any atom is 0.271 e. The maximum atomic E-state index is 11.3. The zero-order valence-electron chi connectivity index (χ0n) is 15.2. The summed E-state index contributed by atoms with van der Waals surface area (Å²) in [5, 5.41) is 11.3. The molecule has 3 aliphatic rings. The molecule has 2 atom stereocenters. The van der Waals surface area contributed by atoms with Gasteiger partial charge in [-0.1, -0.05) is 18.2 Å². The fourth-order valence-electron chi connectivity index (χ4n) is 5.30. The van der Waals surface area contributed by atoms with Crippen molar-refractivity contribution in [2.75, 3.05) is 11.9 Å². The molecule has 5 nitrogen and oxygen atoms in total. The van der Waals surface area contributed by atoms with Crippen LogP contribution in [0.15, 0.2) is 46.4 Å². The van der Waals surface area contributed by atoms with Crippen LogP contribution in [0.5, 0.6) is 5.75 Å². The van der Waals surface area contributed by atoms with Crippen LogP contribution in [0.1, 0.15) is 37.3 Å². The van der Waals surface area contributed by atoms with Crippen LogP contribution in [0.4, 0.5) is 11.4 Å². The normalized spacial score (nSPS) is 27.7. The Bertz CT molecular complexity index is 1030. The van der Waals surface area contributed by atoms with Gasteiger partial charge in [0, 0.05) is 30.4 Å². The van der Waals surface area contributed by atoms with Crippen LogP contribution >= 0.6 is 15.9 Å². The number of rotatable bonds is 1. The molecular weight excluding hydrogens is 408 g/mol. The number of hydrogen-bond acceptors (Lipinski definition) is 4. The topological polar surface area (TPSA) is 55.6 Å². The van der Waals surface area contributed by atoms with Crippen molar-refractivity contribution in [3.63, 3.8) is 0 Å². The smallest absolute Gasteiger partial charge is 0.271 e. The second-order valence-electron chi connectivity index (χ2n) is 7.78. The first-order chi connectivity index (χ1) is 12.9. The lowest BCUT2D eigenvalue weighted by molar-refractivity contribution is -0.385. The van der Waals surface area contributed by atoms with Gasteiger partial charge >= 0.3 is 0 Å². The van der Waals surface area contributed by atoms with Gasteiger partial charge in [-0.05, 0) is 65.4 Å². The summed E-state index contributed by atoms with van der Waals surface area (Å²) in [4.78, 5) is 13.2. The minimum absolute atomic E-state index is 0.0682. The summed E-state index contributed by atoms with van der Waals surface area (Å²) in [5.41, 5.74) is 3.75. The SMILES string of the molecule is CN1c2ccccc2[C@]2(C)CCCC3=Cc4cc([N+](=O)[O-])cc(Br)c4O[C@]312. The zero-order chi connectivity index (χ0) is 19.0. The average molecular weight is 427 g/mol. The third kappa shape index (κ3) is 1.94. The highest BCUT2D eigenvalue weighted by molar-refractivity contribution is 9.10. The van der Waals surface area contributed by atoms with Crippen LogP contribution in [0, 0.1) is 10.1 Å². The van der Waals surface area contributed by atoms with E-state index in [4.69, 9.17) is 4.74 Å². The Labute approximate surface area is 165 Å². The molecule has 0 amide bonds. The van der Waals surface area contributed by atoms with Gasteiger partial charge in [0.25, 0.3) is 5.69 Å². The molecule has 2 aliphatic heterocycles. The summed E-state index contributed by atoms with van der Waals surface area (Å²) in [7, 11) is 2.09. The highest BCUT2D eigenvalue weighted by Gasteiger charge is 2.64. The quantitative estimate of drug-likeness (QED) is 0.451. The summed E-state index contributed by atoms with van der Waals surface area (Å²) < 4.78 is 7.42. The number of anilines is 1. The molecule has 0 aromatic heterocycles. The van der Waals surface area contributed by atoms with Crippen LogP contribution in [0.3, 0.4) is 0 Å². The first-order valence-electron chi connectivity index (χ1n) is 9.10. The Morgan fingerprint density at radius 2 is 2.07 bits per heavy atom. The molecule has 1 aliphatic carbocycles. The largest absolute Gasteiger partial charge is 0.461 e. The van der Waals surface area contributed by atoms with Gasteiger partial charge in [0.15, 0.2) is 0 Å². The summed E-state index contributed by atoms with van der Waals surface area (Å²) in [6.07, 6.45) is 5.14. The molecule has 2 aromatic rings. The van der Waals surface area contributed by atoms with Crippen molar-refractivity contribution in [3.8, 4) is 5.75 Å². The minimum atomic E-state index is -0.597. The number of nitrogens with zero attached hydrogens (tertiary/aromatic N) is 2. The molecule has 1 saturated carbocycles. The van der Waals surface area contributed by atoms with E-state index in [0.29, 0.717) is 10.2 Å². The van der Waals surface area contributed by atoms with Gasteiger partial charge in [-0.15, -0.1) is 0 Å². The molecule has 138 valence electrons. The molecule has 6 heteroatoms. The number of likely N-dealkylation sites (N-methyl/N-ethyl adjacent to an activating group) is 1. The van der Waals surface area contributed by atoms with Crippen molar-refractivity contribution in [2.45, 2.75) is 37.3 Å². The molecule has 0 radical (unpaired) electrons. The third-order valence-electron chi connectivity index (χ3n) is 6.49. The fraction of sp³-hybridized carbons (Fsp3) is 0.333. The van der Waals surface area contributed by atoms with Gasteiger partial charge < -0.3 is 9.64 Å². The van der Waals surface area contributed by atoms with Crippen molar-refractivity contribution in [2.24, 2.45) is 0 Å². The number of para-hydroxylation sites is 1. The summed E-state index contributed by atoms with van der Waals surface area (Å²) in [6, 6.07) is 11.6. The van der Waals surface area contributed by atoms with Crippen LogP contribution in [0.2, 0.25) is 0 Å². The van der Waals surface area contributed by atoms with E-state index < -0.39 is 5.72 Å². The molecule has 0 saturated heterocycles. The molecule has 0 bridgehead atoms. The number of benzene rings is 2. The Kier molecular flexibility index (Phi) is 3.33. The van der Waals surface area contributed by atoms with Crippen molar-refractivity contribution in [3.05, 3.63) is 67.7 Å². The van der Waals surface area contributed by atoms with Gasteiger partial charge in [-0.2, -0.15) is 0 Å². The zero-order valence-corrected chi connectivity index (χ0v) is 16.7. The second kappa shape index (κ2) is 5.35. The lowest BCUT2D eigenvalue weighted by Crippen LogP contribution is -2.63. The molecule has 0 unspecified atom stereocenters. The number of nitro groups is 1. The third-order valence-corrected chi connectivity index (χ3v) is 7.07. The van der Waals surface area contributed by atoms with Crippen molar-refractivity contribution < 1.29 is 9.66 Å². The first kappa shape index (κ1) is 16.8. The molecular formula is C21H19BrN2O3. The van der Waals surface area contributed by atoms with E-state index in [1.165, 1.54) is 22.9 Å². The average Bonchev–Trinajstić information content (AvgIpc) is 2.85. The summed E-state index contributed by atoms with van der Waals surface area (Å²) in [6.45, 7) is 2.28. The summed E-state index contributed by atoms with van der Waals surface area (Å²) >= 11 is 3.51. The van der Waals surface area contributed by atoms with Crippen molar-refractivity contribution in [1.29, 1.82) is 0 Å². The molecule has 2 heterocycles. The number of halogens is 1. The molecule has 0 N–H and O–H groups in total. The predicted molar refractivity (Wildman–Crippen MR) is 108 cm³/mol. The Balaban J connectivity index is 1.77. The number of hydrogen-bond donors (Lipinski definition) is 0. The highest BCUT2D eigenvalue weighted by Crippen LogP contribution is 2.62. The van der Waals surface area contributed by atoms with E-state index in [2.05, 4.69) is 65.1 Å². The first-order valence-corrected chi connectivity index (χ1v) is 9.89. The maximum absolute atomic E-state index is 11.3. The van der Waals surface area contributed by atoms with Crippen LogP contribution in [-0.4, -0.2) is 17.7 Å². The van der Waals surface area contributed by atoms with E-state index in [0.717, 1.165) is 24.8 Å². The van der Waals surface area contributed by atoms with Gasteiger partial charge in [0.2, 0.25) is 5.72 Å². The lowest BCUT2D eigenvalue weighted by atomic mass is 9.64. The number of non-ortho nitro benzene ring substituents is 1. The van der Waals surface area contributed by atoms with Crippen LogP contribution < -0.4 is 9.64 Å². The standard InChI is InChI=1S/C21H19BrN2O3/c1-20-9-5-6-14-10-13-11-15(24(25)26)12-17(22)19(13)27-21(14,20)23(2)18-8-4-3-7-16(18)20/h3-4,7-8,10-12H,5-6,9H2,1-2H3/t20-,21-/m0/s1. The number of fused-ring (bicyclic) bond motifs is 3. The van der Waals surface area contributed by atoms with Gasteiger partial charge in [0.1, 0.15) is 5.75 Å². The minimum Gasteiger partial charge on any atom is -0.461 e. The molecule has 1 fully saturated rings. The van der Waals surface area contributed by atoms with E-state index in [-0.39, 0.29) is 16.0 Å². The molecule has 2 aromatic carbocycles. The van der Waals surface area contributed by atoms with Crippen molar-refractivity contribution >= 4 is 33.4 Å². The molecule has 1 spiro atoms. The lowest BCUT2D eigenvalue weighted by Gasteiger charge is -2.53. The Morgan fingerprint density at radius 3 is 2.85 bits per heavy atom. The van der Waals surface area contributed by atoms with E-state index in [1.54, 1.807) is 6.07 Å². The number of ether oxygens (including phenoxy) is 1. The Morgan fingerprint density at radius 1 is 1.30 bits per heavy atom. The Hall–Kier alpha value is -2.34. The van der Waals surface area contributed by atoms with E-state index in [9.17, 15) is 10.1 Å². The second-order valence-corrected chi connectivity index (χ2v) is 8.63. The molecule has 5 rings (SSSR count).